The Kier molecular flexibility index (Phi) is 5.15. The first kappa shape index (κ1) is 16.1. The molecule has 1 aromatic carbocycles. The molecular formula is C18H20N2O4. The number of anilines is 1. The molecule has 0 aliphatic carbocycles. The number of furan rings is 1. The van der Waals surface area contributed by atoms with Gasteiger partial charge in [0.2, 0.25) is 11.8 Å². The zero-order valence-electron chi connectivity index (χ0n) is 13.3. The van der Waals surface area contributed by atoms with Crippen molar-refractivity contribution in [3.8, 4) is 5.75 Å². The molecule has 0 radical (unpaired) electrons. The smallest absolute Gasteiger partial charge is 0.224 e. The van der Waals surface area contributed by atoms with E-state index in [0.717, 1.165) is 29.2 Å². The number of amides is 2. The summed E-state index contributed by atoms with van der Waals surface area (Å²) in [7, 11) is 0. The van der Waals surface area contributed by atoms with Crippen LogP contribution in [0.4, 0.5) is 5.69 Å². The van der Waals surface area contributed by atoms with Crippen LogP contribution in [0.25, 0.3) is 0 Å². The van der Waals surface area contributed by atoms with Crippen molar-refractivity contribution < 1.29 is 18.7 Å². The number of ether oxygens (including phenoxy) is 1. The number of benzene rings is 1. The lowest BCUT2D eigenvalue weighted by atomic mass is 10.0. The fraction of sp³-hybridized carbons (Fsp3) is 0.333. The Morgan fingerprint density at radius 3 is 3.04 bits per heavy atom. The lowest BCUT2D eigenvalue weighted by molar-refractivity contribution is -0.121. The third-order valence-corrected chi connectivity index (χ3v) is 3.83. The van der Waals surface area contributed by atoms with Crippen LogP contribution in [0.5, 0.6) is 5.75 Å². The molecule has 2 N–H and O–H groups in total. The maximum atomic E-state index is 11.7. The van der Waals surface area contributed by atoms with Gasteiger partial charge in [0.1, 0.15) is 11.5 Å². The maximum absolute atomic E-state index is 11.7. The van der Waals surface area contributed by atoms with Crippen LogP contribution in [0.15, 0.2) is 41.0 Å². The zero-order chi connectivity index (χ0) is 16.8. The largest absolute Gasteiger partial charge is 0.494 e. The molecule has 2 heterocycles. The number of carbonyl (C=O) groups is 2. The van der Waals surface area contributed by atoms with Gasteiger partial charge in [-0.2, -0.15) is 0 Å². The first-order chi connectivity index (χ1) is 11.7. The molecule has 2 amide bonds. The van der Waals surface area contributed by atoms with Gasteiger partial charge in [0, 0.05) is 18.5 Å². The van der Waals surface area contributed by atoms with E-state index in [2.05, 4.69) is 10.6 Å². The standard InChI is InChI=1S/C18H20N2O4/c21-17(19-12-15-3-1-9-24-15)4-2-10-23-14-6-7-16-13(11-14)5-8-18(22)20-16/h1,3,6-7,9,11H,2,4-5,8,10,12H2,(H,19,21)(H,20,22). The van der Waals surface area contributed by atoms with Crippen molar-refractivity contribution in [3.05, 3.63) is 47.9 Å². The number of hydrogen-bond acceptors (Lipinski definition) is 4. The van der Waals surface area contributed by atoms with E-state index in [-0.39, 0.29) is 11.8 Å². The van der Waals surface area contributed by atoms with Crippen LogP contribution >= 0.6 is 0 Å². The van der Waals surface area contributed by atoms with Crippen molar-refractivity contribution in [2.24, 2.45) is 0 Å². The molecule has 6 nitrogen and oxygen atoms in total. The second-order valence-electron chi connectivity index (χ2n) is 5.68. The van der Waals surface area contributed by atoms with E-state index < -0.39 is 0 Å². The Labute approximate surface area is 140 Å². The van der Waals surface area contributed by atoms with Crippen LogP contribution in [0.2, 0.25) is 0 Å². The molecule has 126 valence electrons. The van der Waals surface area contributed by atoms with Gasteiger partial charge in [-0.25, -0.2) is 0 Å². The Hall–Kier alpha value is -2.76. The minimum Gasteiger partial charge on any atom is -0.494 e. The van der Waals surface area contributed by atoms with E-state index in [1.54, 1.807) is 12.3 Å². The molecule has 1 aliphatic rings. The van der Waals surface area contributed by atoms with Crippen molar-refractivity contribution >= 4 is 17.5 Å². The van der Waals surface area contributed by atoms with Crippen LogP contribution in [-0.4, -0.2) is 18.4 Å². The first-order valence-corrected chi connectivity index (χ1v) is 8.05. The number of nitrogens with one attached hydrogen (secondary N) is 2. The summed E-state index contributed by atoms with van der Waals surface area (Å²) in [4.78, 5) is 23.1. The van der Waals surface area contributed by atoms with Crippen LogP contribution < -0.4 is 15.4 Å². The van der Waals surface area contributed by atoms with Crippen molar-refractivity contribution in [3.63, 3.8) is 0 Å². The predicted molar refractivity (Wildman–Crippen MR) is 88.7 cm³/mol. The number of rotatable bonds is 7. The van der Waals surface area contributed by atoms with Crippen molar-refractivity contribution in [1.82, 2.24) is 5.32 Å². The van der Waals surface area contributed by atoms with E-state index in [4.69, 9.17) is 9.15 Å². The Bertz CT molecular complexity index is 710. The Morgan fingerprint density at radius 2 is 2.21 bits per heavy atom. The quantitative estimate of drug-likeness (QED) is 0.766. The molecule has 0 atom stereocenters. The van der Waals surface area contributed by atoms with Gasteiger partial charge in [0.15, 0.2) is 0 Å². The summed E-state index contributed by atoms with van der Waals surface area (Å²) < 4.78 is 10.8. The summed E-state index contributed by atoms with van der Waals surface area (Å²) in [6, 6.07) is 9.26. The highest BCUT2D eigenvalue weighted by molar-refractivity contribution is 5.94. The number of aryl methyl sites for hydroxylation is 1. The van der Waals surface area contributed by atoms with E-state index >= 15 is 0 Å². The second kappa shape index (κ2) is 7.68. The fourth-order valence-electron chi connectivity index (χ4n) is 2.56. The third-order valence-electron chi connectivity index (χ3n) is 3.83. The number of hydrogen-bond donors (Lipinski definition) is 2. The molecule has 0 spiro atoms. The zero-order valence-corrected chi connectivity index (χ0v) is 13.3. The van der Waals surface area contributed by atoms with Gasteiger partial charge in [-0.3, -0.25) is 9.59 Å². The van der Waals surface area contributed by atoms with Gasteiger partial charge in [-0.05, 0) is 48.7 Å². The molecule has 0 saturated heterocycles. The Morgan fingerprint density at radius 1 is 1.29 bits per heavy atom. The second-order valence-corrected chi connectivity index (χ2v) is 5.68. The molecule has 0 saturated carbocycles. The minimum atomic E-state index is -0.0249. The summed E-state index contributed by atoms with van der Waals surface area (Å²) in [6.45, 7) is 0.878. The number of carbonyl (C=O) groups excluding carboxylic acids is 2. The Balaban J connectivity index is 1.37. The van der Waals surface area contributed by atoms with Crippen molar-refractivity contribution in [2.75, 3.05) is 11.9 Å². The number of fused-ring (bicyclic) bond motifs is 1. The molecule has 2 aromatic rings. The van der Waals surface area contributed by atoms with Gasteiger partial charge in [-0.1, -0.05) is 0 Å². The molecule has 0 unspecified atom stereocenters. The molecule has 1 aliphatic heterocycles. The van der Waals surface area contributed by atoms with Crippen LogP contribution in [0.1, 0.15) is 30.6 Å². The summed E-state index contributed by atoms with van der Waals surface area (Å²) in [6.07, 6.45) is 3.86. The van der Waals surface area contributed by atoms with E-state index in [1.165, 1.54) is 0 Å². The molecule has 24 heavy (non-hydrogen) atoms. The van der Waals surface area contributed by atoms with Crippen LogP contribution in [0.3, 0.4) is 0 Å². The summed E-state index contributed by atoms with van der Waals surface area (Å²) in [5.41, 5.74) is 1.94. The van der Waals surface area contributed by atoms with Gasteiger partial charge in [0.05, 0.1) is 19.4 Å². The molecule has 1 aromatic heterocycles. The third kappa shape index (κ3) is 4.38. The van der Waals surface area contributed by atoms with Crippen molar-refractivity contribution in [2.45, 2.75) is 32.2 Å². The van der Waals surface area contributed by atoms with Gasteiger partial charge in [-0.15, -0.1) is 0 Å². The molecule has 3 rings (SSSR count). The van der Waals surface area contributed by atoms with Crippen molar-refractivity contribution in [1.29, 1.82) is 0 Å². The summed E-state index contributed by atoms with van der Waals surface area (Å²) in [5.74, 6) is 1.53. The van der Waals surface area contributed by atoms with Gasteiger partial charge in [0.25, 0.3) is 0 Å². The van der Waals surface area contributed by atoms with E-state index in [1.807, 2.05) is 24.3 Å². The monoisotopic (exact) mass is 328 g/mol. The van der Waals surface area contributed by atoms with Gasteiger partial charge < -0.3 is 19.8 Å². The highest BCUT2D eigenvalue weighted by Crippen LogP contribution is 2.26. The lowest BCUT2D eigenvalue weighted by Gasteiger charge is -2.17. The molecular weight excluding hydrogens is 308 g/mol. The van der Waals surface area contributed by atoms with Crippen LogP contribution in [0, 0.1) is 0 Å². The summed E-state index contributed by atoms with van der Waals surface area (Å²) in [5, 5.41) is 5.64. The fourth-order valence-corrected chi connectivity index (χ4v) is 2.56. The highest BCUT2D eigenvalue weighted by atomic mass is 16.5. The highest BCUT2D eigenvalue weighted by Gasteiger charge is 2.15. The average Bonchev–Trinajstić information content (AvgIpc) is 3.10. The topological polar surface area (TPSA) is 80.6 Å². The maximum Gasteiger partial charge on any atom is 0.224 e. The van der Waals surface area contributed by atoms with Gasteiger partial charge >= 0.3 is 0 Å². The van der Waals surface area contributed by atoms with E-state index in [9.17, 15) is 9.59 Å². The summed E-state index contributed by atoms with van der Waals surface area (Å²) >= 11 is 0. The molecule has 0 bridgehead atoms. The predicted octanol–water partition coefficient (Wildman–Crippen LogP) is 2.64. The average molecular weight is 328 g/mol. The SMILES string of the molecule is O=C(CCCOc1ccc2c(c1)CCC(=O)N2)NCc1ccco1. The molecule has 6 heteroatoms. The normalized spacial score (nSPS) is 13.1. The van der Waals surface area contributed by atoms with Crippen LogP contribution in [-0.2, 0) is 22.6 Å². The minimum absolute atomic E-state index is 0.0249. The lowest BCUT2D eigenvalue weighted by Crippen LogP contribution is -2.22. The van der Waals surface area contributed by atoms with E-state index in [0.29, 0.717) is 32.4 Å². The molecule has 0 fully saturated rings. The first-order valence-electron chi connectivity index (χ1n) is 8.05.